The van der Waals surface area contributed by atoms with Gasteiger partial charge in [-0.2, -0.15) is 0 Å². The molecule has 0 radical (unpaired) electrons. The lowest BCUT2D eigenvalue weighted by atomic mass is 9.86. The fraction of sp³-hybridized carbons (Fsp3) is 0.652. The molecule has 2 saturated carbocycles. The zero-order valence-electron chi connectivity index (χ0n) is 33.5. The van der Waals surface area contributed by atoms with Gasteiger partial charge in [0.15, 0.2) is 0 Å². The van der Waals surface area contributed by atoms with Crippen molar-refractivity contribution in [2.24, 2.45) is 11.8 Å². The summed E-state index contributed by atoms with van der Waals surface area (Å²) in [4.78, 5) is 26.8. The van der Waals surface area contributed by atoms with Crippen LogP contribution in [0.5, 0.6) is 11.5 Å². The Morgan fingerprint density at radius 2 is 1.20 bits per heavy atom. The summed E-state index contributed by atoms with van der Waals surface area (Å²) in [6.45, 7) is 12.2. The van der Waals surface area contributed by atoms with E-state index in [9.17, 15) is 9.59 Å². The zero-order chi connectivity index (χ0) is 38.1. The highest BCUT2D eigenvalue weighted by Crippen LogP contribution is 2.33. The Balaban J connectivity index is 0.000000208. The molecule has 54 heavy (non-hydrogen) atoms. The summed E-state index contributed by atoms with van der Waals surface area (Å²) in [6, 6.07) is 17.3. The number of carbonyl (C=O) groups is 2. The minimum atomic E-state index is -0.703. The molecule has 3 fully saturated rings. The third-order valence-corrected chi connectivity index (χ3v) is 12.4. The Labute approximate surface area is 325 Å². The lowest BCUT2D eigenvalue weighted by Gasteiger charge is -2.32. The molecule has 2 aliphatic heterocycles. The molecule has 0 bridgehead atoms. The molecule has 4 aliphatic rings. The molecule has 0 spiro atoms. The lowest BCUT2D eigenvalue weighted by Crippen LogP contribution is -2.34. The standard InChI is InChI=1S/C24H35NO3.C22H33NO3/c1-3-19-5-9-22(10-6-19)28-23-11-7-20(8-12-23)21-13-16-25(17-14-21)18-15-24(26)27-4-2;1-2-17-3-7-20(8-4-17)26-21-9-5-18(6-10-21)19-11-14-23(15-12-19)16-13-22(24)25/h7-8,11-13,19,22H,3-6,9-10,14-18H2,1-2H3;5-6,9-10,17,19-20H,2-4,7-8,11-16H2,1H3,(H,24,25). The second kappa shape index (κ2) is 22.3. The van der Waals surface area contributed by atoms with Crippen molar-refractivity contribution in [3.63, 3.8) is 0 Å². The smallest absolute Gasteiger partial charge is 0.307 e. The number of likely N-dealkylation sites (tertiary alicyclic amines) is 1. The number of carboxylic acids is 1. The molecule has 6 rings (SSSR count). The Hall–Kier alpha value is -3.36. The van der Waals surface area contributed by atoms with Crippen LogP contribution in [-0.4, -0.2) is 84.9 Å². The SMILES string of the molecule is CCC1CCC(Oc2ccc(C3CCN(CCC(=O)O)CC3)cc2)CC1.CCOC(=O)CCN1CC=C(c2ccc(OC3CCC(CC)CC3)cc2)CC1. The summed E-state index contributed by atoms with van der Waals surface area (Å²) >= 11 is 0. The van der Waals surface area contributed by atoms with Gasteiger partial charge in [-0.25, -0.2) is 0 Å². The van der Waals surface area contributed by atoms with E-state index in [1.807, 2.05) is 6.92 Å². The first-order valence-corrected chi connectivity index (χ1v) is 21.4. The first-order valence-electron chi connectivity index (χ1n) is 21.4. The van der Waals surface area contributed by atoms with Crippen LogP contribution in [0.2, 0.25) is 0 Å². The Bertz CT molecular complexity index is 1420. The van der Waals surface area contributed by atoms with E-state index < -0.39 is 5.97 Å². The maximum absolute atomic E-state index is 11.5. The number of esters is 1. The average molecular weight is 745 g/mol. The molecule has 2 aromatic rings. The summed E-state index contributed by atoms with van der Waals surface area (Å²) < 4.78 is 17.4. The van der Waals surface area contributed by atoms with E-state index >= 15 is 0 Å². The largest absolute Gasteiger partial charge is 0.490 e. The number of nitrogens with zero attached hydrogens (tertiary/aromatic N) is 2. The van der Waals surface area contributed by atoms with Crippen molar-refractivity contribution < 1.29 is 28.9 Å². The third kappa shape index (κ3) is 13.7. The molecule has 0 unspecified atom stereocenters. The number of aliphatic carboxylic acids is 1. The van der Waals surface area contributed by atoms with E-state index in [1.54, 1.807) is 0 Å². The summed E-state index contributed by atoms with van der Waals surface area (Å²) in [5.74, 6) is 3.59. The Morgan fingerprint density at radius 3 is 1.69 bits per heavy atom. The highest BCUT2D eigenvalue weighted by Gasteiger charge is 2.24. The number of benzene rings is 2. The molecule has 1 saturated heterocycles. The van der Waals surface area contributed by atoms with Crippen molar-refractivity contribution in [2.75, 3.05) is 45.9 Å². The van der Waals surface area contributed by atoms with E-state index in [4.69, 9.17) is 19.3 Å². The number of ether oxygens (including phenoxy) is 3. The minimum Gasteiger partial charge on any atom is -0.490 e. The van der Waals surface area contributed by atoms with Crippen LogP contribution < -0.4 is 9.47 Å². The van der Waals surface area contributed by atoms with Crippen LogP contribution in [-0.2, 0) is 14.3 Å². The molecule has 2 heterocycles. The van der Waals surface area contributed by atoms with Crippen molar-refractivity contribution in [1.29, 1.82) is 0 Å². The predicted molar refractivity (Wildman–Crippen MR) is 217 cm³/mol. The van der Waals surface area contributed by atoms with E-state index in [0.29, 0.717) is 37.7 Å². The first kappa shape index (κ1) is 41.8. The van der Waals surface area contributed by atoms with Gasteiger partial charge in [-0.1, -0.05) is 57.0 Å². The van der Waals surface area contributed by atoms with Crippen molar-refractivity contribution in [3.05, 3.63) is 65.7 Å². The maximum atomic E-state index is 11.5. The lowest BCUT2D eigenvalue weighted by molar-refractivity contribution is -0.143. The highest BCUT2D eigenvalue weighted by atomic mass is 16.5. The van der Waals surface area contributed by atoms with E-state index in [0.717, 1.165) is 75.3 Å². The van der Waals surface area contributed by atoms with Gasteiger partial charge in [0.05, 0.1) is 31.7 Å². The first-order chi connectivity index (χ1) is 26.3. The van der Waals surface area contributed by atoms with Crippen LogP contribution in [0.15, 0.2) is 54.6 Å². The van der Waals surface area contributed by atoms with Gasteiger partial charge < -0.3 is 24.2 Å². The summed E-state index contributed by atoms with van der Waals surface area (Å²) in [7, 11) is 0. The van der Waals surface area contributed by atoms with Crippen LogP contribution >= 0.6 is 0 Å². The van der Waals surface area contributed by atoms with Crippen LogP contribution in [0.1, 0.15) is 134 Å². The summed E-state index contributed by atoms with van der Waals surface area (Å²) in [5, 5.41) is 8.80. The normalized spacial score (nSPS) is 24.1. The topological polar surface area (TPSA) is 88.5 Å². The number of piperidine rings is 1. The zero-order valence-corrected chi connectivity index (χ0v) is 33.5. The van der Waals surface area contributed by atoms with Gasteiger partial charge in [0.1, 0.15) is 11.5 Å². The molecule has 0 amide bonds. The van der Waals surface area contributed by atoms with Crippen molar-refractivity contribution in [2.45, 2.75) is 135 Å². The number of carboxylic acid groups (broad SMARTS) is 1. The molecule has 8 heteroatoms. The number of carbonyl (C=O) groups excluding carboxylic acids is 1. The molecular weight excluding hydrogens is 677 g/mol. The number of hydrogen-bond donors (Lipinski definition) is 1. The van der Waals surface area contributed by atoms with E-state index in [2.05, 4.69) is 78.3 Å². The monoisotopic (exact) mass is 745 g/mol. The number of rotatable bonds is 15. The van der Waals surface area contributed by atoms with Crippen LogP contribution in [0.3, 0.4) is 0 Å². The molecular formula is C46H68N2O6. The van der Waals surface area contributed by atoms with Gasteiger partial charge in [0.2, 0.25) is 0 Å². The van der Waals surface area contributed by atoms with Gasteiger partial charge in [0, 0.05) is 26.2 Å². The molecule has 0 atom stereocenters. The fourth-order valence-electron chi connectivity index (χ4n) is 8.67. The van der Waals surface area contributed by atoms with Crippen LogP contribution in [0.4, 0.5) is 0 Å². The van der Waals surface area contributed by atoms with Crippen molar-refractivity contribution in [3.8, 4) is 11.5 Å². The summed E-state index contributed by atoms with van der Waals surface area (Å²) in [6.07, 6.45) is 19.6. The van der Waals surface area contributed by atoms with Crippen LogP contribution in [0.25, 0.3) is 5.57 Å². The predicted octanol–water partition coefficient (Wildman–Crippen LogP) is 9.76. The second-order valence-corrected chi connectivity index (χ2v) is 16.0. The second-order valence-electron chi connectivity index (χ2n) is 16.0. The average Bonchev–Trinajstić information content (AvgIpc) is 3.21. The van der Waals surface area contributed by atoms with Gasteiger partial charge in [-0.15, -0.1) is 0 Å². The van der Waals surface area contributed by atoms with Gasteiger partial charge in [-0.05, 0) is 149 Å². The number of hydrogen-bond acceptors (Lipinski definition) is 7. The molecule has 2 aromatic carbocycles. The molecule has 298 valence electrons. The highest BCUT2D eigenvalue weighted by molar-refractivity contribution is 5.70. The van der Waals surface area contributed by atoms with E-state index in [1.165, 1.54) is 80.9 Å². The van der Waals surface area contributed by atoms with Gasteiger partial charge >= 0.3 is 11.9 Å². The fourth-order valence-corrected chi connectivity index (χ4v) is 8.67. The quantitative estimate of drug-likeness (QED) is 0.181. The van der Waals surface area contributed by atoms with Gasteiger partial charge in [-0.3, -0.25) is 14.5 Å². The third-order valence-electron chi connectivity index (χ3n) is 12.4. The maximum Gasteiger partial charge on any atom is 0.307 e. The van der Waals surface area contributed by atoms with Gasteiger partial charge in [0.25, 0.3) is 0 Å². The van der Waals surface area contributed by atoms with Crippen molar-refractivity contribution >= 4 is 17.5 Å². The summed E-state index contributed by atoms with van der Waals surface area (Å²) in [5.41, 5.74) is 4.07. The van der Waals surface area contributed by atoms with Crippen LogP contribution in [0, 0.1) is 11.8 Å². The minimum absolute atomic E-state index is 0.101. The molecule has 8 nitrogen and oxygen atoms in total. The Morgan fingerprint density at radius 1 is 0.667 bits per heavy atom. The molecule has 2 aliphatic carbocycles. The molecule has 1 N–H and O–H groups in total. The van der Waals surface area contributed by atoms with E-state index in [-0.39, 0.29) is 12.4 Å². The van der Waals surface area contributed by atoms with Crippen molar-refractivity contribution in [1.82, 2.24) is 9.80 Å². The Kier molecular flexibility index (Phi) is 17.2. The molecule has 0 aromatic heterocycles.